The minimum Gasteiger partial charge on any atom is -0.377 e. The van der Waals surface area contributed by atoms with Gasteiger partial charge in [0.1, 0.15) is 0 Å². The predicted octanol–water partition coefficient (Wildman–Crippen LogP) is 3.10. The average molecular weight is 338 g/mol. The second kappa shape index (κ2) is 7.99. The predicted molar refractivity (Wildman–Crippen MR) is 92.0 cm³/mol. The van der Waals surface area contributed by atoms with Crippen LogP contribution in [0.25, 0.3) is 0 Å². The van der Waals surface area contributed by atoms with Crippen molar-refractivity contribution in [1.29, 1.82) is 0 Å². The SMILES string of the molecule is O=C(Nc1ccc(Cl)cc1)NC1CCN(C[C@H]2CCCO2)CC1. The quantitative estimate of drug-likeness (QED) is 0.887. The van der Waals surface area contributed by atoms with Crippen molar-refractivity contribution in [3.05, 3.63) is 29.3 Å². The van der Waals surface area contributed by atoms with Gasteiger partial charge in [-0.25, -0.2) is 4.79 Å². The molecule has 2 fully saturated rings. The number of nitrogens with one attached hydrogen (secondary N) is 2. The van der Waals surface area contributed by atoms with Crippen molar-refractivity contribution in [2.45, 2.75) is 37.8 Å². The van der Waals surface area contributed by atoms with E-state index in [9.17, 15) is 4.79 Å². The zero-order valence-corrected chi connectivity index (χ0v) is 14.0. The van der Waals surface area contributed by atoms with E-state index in [0.29, 0.717) is 11.1 Å². The van der Waals surface area contributed by atoms with Gasteiger partial charge in [0.2, 0.25) is 0 Å². The standard InChI is InChI=1S/C17H24ClN3O2/c18-13-3-5-14(6-4-13)19-17(22)20-15-7-9-21(10-8-15)12-16-2-1-11-23-16/h3-6,15-16H,1-2,7-12H2,(H2,19,20,22)/t16-/m1/s1. The Balaban J connectivity index is 1.37. The highest BCUT2D eigenvalue weighted by Gasteiger charge is 2.24. The van der Waals surface area contributed by atoms with Gasteiger partial charge in [-0.1, -0.05) is 11.6 Å². The molecule has 2 heterocycles. The van der Waals surface area contributed by atoms with Crippen LogP contribution in [0.3, 0.4) is 0 Å². The molecule has 126 valence electrons. The van der Waals surface area contributed by atoms with Crippen LogP contribution < -0.4 is 10.6 Å². The third-order valence-electron chi connectivity index (χ3n) is 4.51. The Labute approximate surface area is 142 Å². The Bertz CT molecular complexity index is 509. The summed E-state index contributed by atoms with van der Waals surface area (Å²) >= 11 is 5.84. The maximum Gasteiger partial charge on any atom is 0.319 e. The van der Waals surface area contributed by atoms with Gasteiger partial charge in [0.05, 0.1) is 6.10 Å². The van der Waals surface area contributed by atoms with E-state index in [2.05, 4.69) is 15.5 Å². The fourth-order valence-electron chi connectivity index (χ4n) is 3.22. The van der Waals surface area contributed by atoms with E-state index in [1.807, 2.05) is 0 Å². The molecule has 2 amide bonds. The molecule has 1 aromatic carbocycles. The van der Waals surface area contributed by atoms with Gasteiger partial charge in [-0.05, 0) is 49.9 Å². The van der Waals surface area contributed by atoms with Gasteiger partial charge < -0.3 is 20.3 Å². The summed E-state index contributed by atoms with van der Waals surface area (Å²) in [5.74, 6) is 0. The number of anilines is 1. The van der Waals surface area contributed by atoms with Crippen LogP contribution in [0, 0.1) is 0 Å². The number of halogens is 1. The first-order valence-electron chi connectivity index (χ1n) is 8.36. The molecule has 3 rings (SSSR count). The molecule has 2 aliphatic heterocycles. The summed E-state index contributed by atoms with van der Waals surface area (Å²) in [7, 11) is 0. The molecule has 0 aromatic heterocycles. The van der Waals surface area contributed by atoms with E-state index < -0.39 is 0 Å². The number of carbonyl (C=O) groups is 1. The Kier molecular flexibility index (Phi) is 5.75. The zero-order chi connectivity index (χ0) is 16.1. The van der Waals surface area contributed by atoms with Gasteiger partial charge in [0, 0.05) is 43.0 Å². The fraction of sp³-hybridized carbons (Fsp3) is 0.588. The normalized spacial score (nSPS) is 22.9. The summed E-state index contributed by atoms with van der Waals surface area (Å²) in [6.07, 6.45) is 4.75. The number of hydrogen-bond acceptors (Lipinski definition) is 3. The Morgan fingerprint density at radius 2 is 1.96 bits per heavy atom. The van der Waals surface area contributed by atoms with Gasteiger partial charge in [-0.15, -0.1) is 0 Å². The summed E-state index contributed by atoms with van der Waals surface area (Å²) in [5.41, 5.74) is 0.753. The van der Waals surface area contributed by atoms with Crippen LogP contribution in [-0.2, 0) is 4.74 Å². The van der Waals surface area contributed by atoms with Gasteiger partial charge in [0.15, 0.2) is 0 Å². The molecule has 2 N–H and O–H groups in total. The highest BCUT2D eigenvalue weighted by Crippen LogP contribution is 2.17. The van der Waals surface area contributed by atoms with Crippen molar-refractivity contribution < 1.29 is 9.53 Å². The van der Waals surface area contributed by atoms with Crippen molar-refractivity contribution in [1.82, 2.24) is 10.2 Å². The molecule has 0 spiro atoms. The molecule has 23 heavy (non-hydrogen) atoms. The van der Waals surface area contributed by atoms with Crippen LogP contribution in [0.5, 0.6) is 0 Å². The van der Waals surface area contributed by atoms with E-state index in [-0.39, 0.29) is 12.1 Å². The van der Waals surface area contributed by atoms with Crippen LogP contribution >= 0.6 is 11.6 Å². The first-order valence-corrected chi connectivity index (χ1v) is 8.74. The van der Waals surface area contributed by atoms with Crippen LogP contribution in [0.1, 0.15) is 25.7 Å². The number of ether oxygens (including phenoxy) is 1. The molecule has 1 atom stereocenters. The largest absolute Gasteiger partial charge is 0.377 e. The minimum atomic E-state index is -0.148. The van der Waals surface area contributed by atoms with Crippen LogP contribution in [0.2, 0.25) is 5.02 Å². The Morgan fingerprint density at radius 3 is 2.61 bits per heavy atom. The van der Waals surface area contributed by atoms with Gasteiger partial charge >= 0.3 is 6.03 Å². The minimum absolute atomic E-state index is 0.148. The maximum absolute atomic E-state index is 12.0. The maximum atomic E-state index is 12.0. The third kappa shape index (κ3) is 5.09. The molecular weight excluding hydrogens is 314 g/mol. The summed E-state index contributed by atoms with van der Waals surface area (Å²) < 4.78 is 5.69. The van der Waals surface area contributed by atoms with Crippen molar-refractivity contribution in [3.8, 4) is 0 Å². The smallest absolute Gasteiger partial charge is 0.319 e. The summed E-state index contributed by atoms with van der Waals surface area (Å²) in [6.45, 7) is 3.98. The molecule has 0 aliphatic carbocycles. The number of likely N-dealkylation sites (tertiary alicyclic amines) is 1. The van der Waals surface area contributed by atoms with Crippen molar-refractivity contribution >= 4 is 23.3 Å². The second-order valence-electron chi connectivity index (χ2n) is 6.32. The van der Waals surface area contributed by atoms with Crippen molar-refractivity contribution in [2.24, 2.45) is 0 Å². The summed E-state index contributed by atoms with van der Waals surface area (Å²) in [6, 6.07) is 7.22. The highest BCUT2D eigenvalue weighted by molar-refractivity contribution is 6.30. The molecule has 1 aromatic rings. The van der Waals surface area contributed by atoms with Crippen LogP contribution in [0.15, 0.2) is 24.3 Å². The van der Waals surface area contributed by atoms with E-state index in [1.54, 1.807) is 24.3 Å². The van der Waals surface area contributed by atoms with E-state index >= 15 is 0 Å². The number of carbonyl (C=O) groups excluding carboxylic acids is 1. The topological polar surface area (TPSA) is 53.6 Å². The van der Waals surface area contributed by atoms with Gasteiger partial charge in [-0.3, -0.25) is 0 Å². The van der Waals surface area contributed by atoms with Crippen LogP contribution in [0.4, 0.5) is 10.5 Å². The lowest BCUT2D eigenvalue weighted by molar-refractivity contribution is 0.0633. The first-order chi connectivity index (χ1) is 11.2. The van der Waals surface area contributed by atoms with E-state index in [0.717, 1.165) is 44.8 Å². The molecule has 5 nitrogen and oxygen atoms in total. The summed E-state index contributed by atoms with van der Waals surface area (Å²) in [4.78, 5) is 14.5. The number of nitrogens with zero attached hydrogens (tertiary/aromatic N) is 1. The number of hydrogen-bond donors (Lipinski definition) is 2. The Morgan fingerprint density at radius 1 is 1.22 bits per heavy atom. The molecule has 0 saturated carbocycles. The van der Waals surface area contributed by atoms with Gasteiger partial charge in [0.25, 0.3) is 0 Å². The number of rotatable bonds is 4. The van der Waals surface area contributed by atoms with E-state index in [1.165, 1.54) is 12.8 Å². The monoisotopic (exact) mass is 337 g/mol. The lowest BCUT2D eigenvalue weighted by Crippen LogP contribution is -2.47. The van der Waals surface area contributed by atoms with Gasteiger partial charge in [-0.2, -0.15) is 0 Å². The molecule has 0 radical (unpaired) electrons. The molecular formula is C17H24ClN3O2. The highest BCUT2D eigenvalue weighted by atomic mass is 35.5. The molecule has 0 bridgehead atoms. The lowest BCUT2D eigenvalue weighted by atomic mass is 10.0. The third-order valence-corrected chi connectivity index (χ3v) is 4.76. The molecule has 2 saturated heterocycles. The van der Waals surface area contributed by atoms with Crippen molar-refractivity contribution in [2.75, 3.05) is 31.6 Å². The second-order valence-corrected chi connectivity index (χ2v) is 6.75. The van der Waals surface area contributed by atoms with E-state index in [4.69, 9.17) is 16.3 Å². The number of amides is 2. The Hall–Kier alpha value is -1.30. The van der Waals surface area contributed by atoms with Crippen molar-refractivity contribution in [3.63, 3.8) is 0 Å². The number of urea groups is 1. The summed E-state index contributed by atoms with van der Waals surface area (Å²) in [5, 5.41) is 6.56. The fourth-order valence-corrected chi connectivity index (χ4v) is 3.35. The number of piperidine rings is 1. The molecule has 6 heteroatoms. The zero-order valence-electron chi connectivity index (χ0n) is 13.3. The lowest BCUT2D eigenvalue weighted by Gasteiger charge is -2.33. The molecule has 0 unspecified atom stereocenters. The first kappa shape index (κ1) is 16.6. The number of benzene rings is 1. The van der Waals surface area contributed by atoms with Crippen LogP contribution in [-0.4, -0.2) is 49.3 Å². The molecule has 2 aliphatic rings. The average Bonchev–Trinajstić information content (AvgIpc) is 3.04.